The van der Waals surface area contributed by atoms with E-state index in [2.05, 4.69) is 9.46 Å². The monoisotopic (exact) mass is 306 g/mol. The number of carbonyl (C=O) groups excluding carboxylic acids is 2. The van der Waals surface area contributed by atoms with E-state index < -0.39 is 27.9 Å². The normalized spacial score (nSPS) is 13.0. The molecule has 3 N–H and O–H groups in total. The highest BCUT2D eigenvalue weighted by molar-refractivity contribution is 7.89. The van der Waals surface area contributed by atoms with E-state index in [1.54, 1.807) is 6.92 Å². The van der Waals surface area contributed by atoms with E-state index in [0.717, 1.165) is 18.4 Å². The third-order valence-electron chi connectivity index (χ3n) is 2.32. The Labute approximate surface area is 114 Å². The third kappa shape index (κ3) is 3.31. The zero-order valence-electron chi connectivity index (χ0n) is 10.6. The van der Waals surface area contributed by atoms with E-state index in [-0.39, 0.29) is 9.77 Å². The number of thiophene rings is 1. The van der Waals surface area contributed by atoms with E-state index in [1.165, 1.54) is 12.3 Å². The first-order valence-electron chi connectivity index (χ1n) is 5.18. The summed E-state index contributed by atoms with van der Waals surface area (Å²) in [5.74, 6) is -1.55. The summed E-state index contributed by atoms with van der Waals surface area (Å²) in [6.07, 6.45) is 0. The summed E-state index contributed by atoms with van der Waals surface area (Å²) in [6.45, 7) is 2.87. The highest BCUT2D eigenvalue weighted by Crippen LogP contribution is 2.27. The maximum Gasteiger partial charge on any atom is 0.349 e. The molecule has 1 heterocycles. The molecule has 1 unspecified atom stereocenters. The molecule has 7 nitrogen and oxygen atoms in total. The van der Waals surface area contributed by atoms with Gasteiger partial charge in [0.25, 0.3) is 0 Å². The van der Waals surface area contributed by atoms with Crippen LogP contribution in [0.25, 0.3) is 0 Å². The molecule has 0 radical (unpaired) electrons. The summed E-state index contributed by atoms with van der Waals surface area (Å²) in [4.78, 5) is 22.2. The highest BCUT2D eigenvalue weighted by Gasteiger charge is 2.29. The Balaban J connectivity index is 3.25. The summed E-state index contributed by atoms with van der Waals surface area (Å²) < 4.78 is 30.9. The molecule has 1 atom stereocenters. The number of primary amides is 1. The Hall–Kier alpha value is -1.45. The van der Waals surface area contributed by atoms with Gasteiger partial charge in [-0.25, -0.2) is 13.2 Å². The average molecular weight is 306 g/mol. The van der Waals surface area contributed by atoms with Crippen molar-refractivity contribution in [3.05, 3.63) is 15.8 Å². The van der Waals surface area contributed by atoms with Crippen molar-refractivity contribution < 1.29 is 22.7 Å². The van der Waals surface area contributed by atoms with Crippen molar-refractivity contribution in [3.63, 3.8) is 0 Å². The van der Waals surface area contributed by atoms with Crippen molar-refractivity contribution in [2.45, 2.75) is 24.8 Å². The Morgan fingerprint density at radius 3 is 2.53 bits per heavy atom. The Bertz CT molecular complexity index is 605. The molecule has 1 aromatic heterocycles. The van der Waals surface area contributed by atoms with Crippen molar-refractivity contribution in [3.8, 4) is 0 Å². The molecule has 0 aliphatic carbocycles. The van der Waals surface area contributed by atoms with Gasteiger partial charge in [0.05, 0.1) is 13.2 Å². The van der Waals surface area contributed by atoms with Gasteiger partial charge in [0.1, 0.15) is 9.77 Å². The zero-order valence-corrected chi connectivity index (χ0v) is 12.2. The zero-order chi connectivity index (χ0) is 14.8. The third-order valence-corrected chi connectivity index (χ3v) is 5.25. The van der Waals surface area contributed by atoms with Crippen molar-refractivity contribution in [2.24, 2.45) is 5.73 Å². The van der Waals surface area contributed by atoms with Crippen LogP contribution in [0.2, 0.25) is 0 Å². The van der Waals surface area contributed by atoms with Gasteiger partial charge in [-0.15, -0.1) is 11.3 Å². The number of hydrogen-bond donors (Lipinski definition) is 2. The molecule has 106 valence electrons. The van der Waals surface area contributed by atoms with Gasteiger partial charge in [-0.05, 0) is 24.8 Å². The van der Waals surface area contributed by atoms with Crippen molar-refractivity contribution >= 4 is 33.2 Å². The minimum Gasteiger partial charge on any atom is -0.465 e. The summed E-state index contributed by atoms with van der Waals surface area (Å²) in [5.41, 5.74) is 5.40. The largest absolute Gasteiger partial charge is 0.465 e. The van der Waals surface area contributed by atoms with Crippen LogP contribution in [-0.2, 0) is 19.6 Å². The lowest BCUT2D eigenvalue weighted by molar-refractivity contribution is -0.119. The molecule has 0 aromatic carbocycles. The molecule has 19 heavy (non-hydrogen) atoms. The lowest BCUT2D eigenvalue weighted by atomic mass is 10.3. The number of sulfonamides is 1. The first-order chi connectivity index (χ1) is 8.70. The number of nitrogens with one attached hydrogen (secondary N) is 1. The van der Waals surface area contributed by atoms with Gasteiger partial charge in [-0.2, -0.15) is 4.72 Å². The number of ether oxygens (including phenoxy) is 1. The SMILES string of the molecule is COC(=O)c1scc(C)c1S(=O)(=O)NC(C)C(N)=O. The summed E-state index contributed by atoms with van der Waals surface area (Å²) in [7, 11) is -2.86. The second kappa shape index (κ2) is 5.68. The van der Waals surface area contributed by atoms with Gasteiger partial charge < -0.3 is 10.5 Å². The fourth-order valence-electron chi connectivity index (χ4n) is 1.35. The van der Waals surface area contributed by atoms with Crippen LogP contribution in [0.15, 0.2) is 10.3 Å². The minimum atomic E-state index is -4.02. The van der Waals surface area contributed by atoms with Crippen LogP contribution in [0.5, 0.6) is 0 Å². The molecule has 0 fully saturated rings. The fourth-order valence-corrected chi connectivity index (χ4v) is 4.27. The number of rotatable bonds is 5. The van der Waals surface area contributed by atoms with Crippen LogP contribution in [0, 0.1) is 6.92 Å². The first kappa shape index (κ1) is 15.6. The number of hydrogen-bond acceptors (Lipinski definition) is 6. The summed E-state index contributed by atoms with van der Waals surface area (Å²) >= 11 is 0.961. The number of carbonyl (C=O) groups is 2. The van der Waals surface area contributed by atoms with Crippen LogP contribution in [0.3, 0.4) is 0 Å². The highest BCUT2D eigenvalue weighted by atomic mass is 32.2. The second-order valence-corrected chi connectivity index (χ2v) is 6.34. The molecule has 0 saturated carbocycles. The summed E-state index contributed by atoms with van der Waals surface area (Å²) in [6, 6.07) is -1.07. The van der Waals surface area contributed by atoms with Gasteiger partial charge in [-0.3, -0.25) is 4.79 Å². The predicted octanol–water partition coefficient (Wildman–Crippen LogP) is -0.00478. The van der Waals surface area contributed by atoms with E-state index in [9.17, 15) is 18.0 Å². The number of aryl methyl sites for hydroxylation is 1. The standard InChI is InChI=1S/C10H14N2O5S2/c1-5-4-18-7(10(14)17-3)8(5)19(15,16)12-6(2)9(11)13/h4,6,12H,1-3H3,(H2,11,13). The van der Waals surface area contributed by atoms with E-state index in [1.807, 2.05) is 0 Å². The molecule has 1 aromatic rings. The molecule has 0 aliphatic heterocycles. The molecule has 9 heteroatoms. The van der Waals surface area contributed by atoms with Crippen molar-refractivity contribution in [2.75, 3.05) is 7.11 Å². The number of methoxy groups -OCH3 is 1. The van der Waals surface area contributed by atoms with Gasteiger partial charge in [0.2, 0.25) is 15.9 Å². The minimum absolute atomic E-state index is 0.0378. The summed E-state index contributed by atoms with van der Waals surface area (Å²) in [5, 5.41) is 1.52. The average Bonchev–Trinajstić information content (AvgIpc) is 2.70. The Kier molecular flexibility index (Phi) is 4.66. The van der Waals surface area contributed by atoms with E-state index in [0.29, 0.717) is 5.56 Å². The predicted molar refractivity (Wildman–Crippen MR) is 69.4 cm³/mol. The topological polar surface area (TPSA) is 116 Å². The number of esters is 1. The van der Waals surface area contributed by atoms with Crippen molar-refractivity contribution in [1.29, 1.82) is 0 Å². The van der Waals surface area contributed by atoms with Crippen LogP contribution < -0.4 is 10.5 Å². The maximum atomic E-state index is 12.2. The molecule has 0 bridgehead atoms. The lowest BCUT2D eigenvalue weighted by Crippen LogP contribution is -2.42. The van der Waals surface area contributed by atoms with Crippen LogP contribution in [0.1, 0.15) is 22.2 Å². The van der Waals surface area contributed by atoms with Crippen LogP contribution >= 0.6 is 11.3 Å². The molecular weight excluding hydrogens is 292 g/mol. The Morgan fingerprint density at radius 2 is 2.05 bits per heavy atom. The molecule has 1 amide bonds. The second-order valence-electron chi connectivity index (χ2n) is 3.81. The number of amides is 1. The van der Waals surface area contributed by atoms with E-state index in [4.69, 9.17) is 5.73 Å². The van der Waals surface area contributed by atoms with Gasteiger partial charge in [0.15, 0.2) is 0 Å². The van der Waals surface area contributed by atoms with Gasteiger partial charge >= 0.3 is 5.97 Å². The molecule has 0 spiro atoms. The van der Waals surface area contributed by atoms with Crippen LogP contribution in [-0.4, -0.2) is 33.4 Å². The smallest absolute Gasteiger partial charge is 0.349 e. The quantitative estimate of drug-likeness (QED) is 0.743. The van der Waals surface area contributed by atoms with Gasteiger partial charge in [-0.1, -0.05) is 0 Å². The maximum absolute atomic E-state index is 12.2. The lowest BCUT2D eigenvalue weighted by Gasteiger charge is -2.12. The number of nitrogens with two attached hydrogens (primary N) is 1. The van der Waals surface area contributed by atoms with E-state index >= 15 is 0 Å². The fraction of sp³-hybridized carbons (Fsp3) is 0.400. The molecular formula is C10H14N2O5S2. The Morgan fingerprint density at radius 1 is 1.47 bits per heavy atom. The van der Waals surface area contributed by atoms with Crippen molar-refractivity contribution in [1.82, 2.24) is 4.72 Å². The molecule has 1 rings (SSSR count). The van der Waals surface area contributed by atoms with Crippen LogP contribution in [0.4, 0.5) is 0 Å². The first-order valence-corrected chi connectivity index (χ1v) is 7.55. The molecule has 0 saturated heterocycles. The van der Waals surface area contributed by atoms with Gasteiger partial charge in [0, 0.05) is 0 Å². The molecule has 0 aliphatic rings.